The summed E-state index contributed by atoms with van der Waals surface area (Å²) in [6.07, 6.45) is 2.55. The molecule has 1 aromatic rings. The second-order valence-electron chi connectivity index (χ2n) is 1.11. The Hall–Kier alpha value is -0.390. The van der Waals surface area contributed by atoms with Crippen LogP contribution in [0.2, 0.25) is 0 Å². The first-order valence-electron chi connectivity index (χ1n) is 1.89. The van der Waals surface area contributed by atoms with Gasteiger partial charge in [-0.2, -0.15) is 4.92 Å². The van der Waals surface area contributed by atoms with Gasteiger partial charge in [0.15, 0.2) is 0 Å². The van der Waals surface area contributed by atoms with Crippen molar-refractivity contribution in [2.75, 3.05) is 0 Å². The second kappa shape index (κ2) is 3.60. The first-order valence-corrected chi connectivity index (χ1v) is 1.89. The summed E-state index contributed by atoms with van der Waals surface area (Å²) in [6.45, 7) is 0. The summed E-state index contributed by atoms with van der Waals surface area (Å²) in [6, 6.07) is 0. The zero-order valence-electron chi connectivity index (χ0n) is 4.81. The minimum Gasteiger partial charge on any atom is -0.458 e. The fourth-order valence-electron chi connectivity index (χ4n) is 0.328. The zero-order valence-corrected chi connectivity index (χ0v) is 6.81. The van der Waals surface area contributed by atoms with E-state index in [0.29, 0.717) is 0 Å². The van der Waals surface area contributed by atoms with Crippen LogP contribution >= 0.6 is 0 Å². The van der Waals surface area contributed by atoms with Crippen molar-refractivity contribution >= 4 is 5.95 Å². The van der Waals surface area contributed by atoms with Crippen molar-refractivity contribution in [1.82, 2.24) is 9.97 Å². The van der Waals surface area contributed by atoms with E-state index in [-0.39, 0.29) is 35.5 Å². The Morgan fingerprint density at radius 1 is 1.78 bits per heavy atom. The zero-order chi connectivity index (χ0) is 5.98. The van der Waals surface area contributed by atoms with Gasteiger partial charge in [0.25, 0.3) is 5.95 Å². The van der Waals surface area contributed by atoms with E-state index in [9.17, 15) is 10.1 Å². The number of imidazole rings is 1. The predicted molar refractivity (Wildman–Crippen MR) is 24.2 cm³/mol. The molecule has 0 atom stereocenters. The van der Waals surface area contributed by atoms with Gasteiger partial charge >= 0.3 is 29.6 Å². The number of aromatic nitrogens is 2. The molecule has 0 fully saturated rings. The normalized spacial score (nSPS) is 8.00. The molecule has 0 amide bonds. The molecule has 6 heteroatoms. The number of nitro groups is 1. The van der Waals surface area contributed by atoms with Crippen LogP contribution in [0.1, 0.15) is 0 Å². The summed E-state index contributed by atoms with van der Waals surface area (Å²) in [5.41, 5.74) is 0. The van der Waals surface area contributed by atoms with Crippen LogP contribution in [0.15, 0.2) is 12.4 Å². The van der Waals surface area contributed by atoms with E-state index in [0.717, 1.165) is 0 Å². The fourth-order valence-corrected chi connectivity index (χ4v) is 0.328. The van der Waals surface area contributed by atoms with E-state index in [1.165, 1.54) is 12.4 Å². The Balaban J connectivity index is 0.000000640. The molecule has 0 saturated carbocycles. The summed E-state index contributed by atoms with van der Waals surface area (Å²) in [4.78, 5) is 15.7. The van der Waals surface area contributed by atoms with Crippen molar-refractivity contribution in [2.24, 2.45) is 0 Å². The topological polar surface area (TPSA) is 70.1 Å². The summed E-state index contributed by atoms with van der Waals surface area (Å²) < 4.78 is 0. The number of hydrogen-bond donors (Lipinski definition) is 0. The minimum absolute atomic E-state index is 0. The fraction of sp³-hybridized carbons (Fsp3) is 0. The molecule has 1 rings (SSSR count). The molecule has 9 heavy (non-hydrogen) atoms. The Labute approximate surface area is 72.9 Å². The molecule has 0 unspecified atom stereocenters. The molecular weight excluding hydrogens is 133 g/mol. The van der Waals surface area contributed by atoms with Gasteiger partial charge in [-0.3, -0.25) is 0 Å². The van der Waals surface area contributed by atoms with Crippen molar-refractivity contribution in [3.8, 4) is 0 Å². The Kier molecular flexibility index (Phi) is 3.44. The van der Waals surface area contributed by atoms with Crippen LogP contribution in [0.5, 0.6) is 0 Å². The molecule has 0 aliphatic heterocycles. The molecule has 42 valence electrons. The second-order valence-corrected chi connectivity index (χ2v) is 1.11. The van der Waals surface area contributed by atoms with Crippen LogP contribution in [-0.4, -0.2) is 9.91 Å². The number of rotatable bonds is 1. The van der Waals surface area contributed by atoms with Gasteiger partial charge in [-0.05, 0) is 0 Å². The smallest absolute Gasteiger partial charge is 0.458 e. The third-order valence-electron chi connectivity index (χ3n) is 0.610. The largest absolute Gasteiger partial charge is 1.00 e. The van der Waals surface area contributed by atoms with Gasteiger partial charge in [0.1, 0.15) is 0 Å². The van der Waals surface area contributed by atoms with Crippen LogP contribution in [0.4, 0.5) is 5.95 Å². The van der Waals surface area contributed by atoms with E-state index >= 15 is 0 Å². The maximum Gasteiger partial charge on any atom is 1.00 e. The first-order chi connectivity index (χ1) is 3.80. The molecule has 0 spiro atoms. The SMILES string of the molecule is O=[N+]([O-])c1ncc[n-]1.[Na+]. The molecular formula is C3H2N3NaO2. The molecule has 1 aromatic heterocycles. The molecule has 5 nitrogen and oxygen atoms in total. The van der Waals surface area contributed by atoms with Crippen LogP contribution in [0, 0.1) is 10.1 Å². The van der Waals surface area contributed by atoms with Crippen LogP contribution < -0.4 is 34.5 Å². The van der Waals surface area contributed by atoms with Crippen molar-refractivity contribution in [2.45, 2.75) is 0 Å². The Bertz CT molecular complexity index is 185. The van der Waals surface area contributed by atoms with Crippen LogP contribution in [-0.2, 0) is 0 Å². The van der Waals surface area contributed by atoms with Crippen LogP contribution in [0.25, 0.3) is 0 Å². The first kappa shape index (κ1) is 8.61. The molecule has 0 saturated heterocycles. The molecule has 0 radical (unpaired) electrons. The molecule has 0 bridgehead atoms. The average molecular weight is 135 g/mol. The maximum absolute atomic E-state index is 9.74. The standard InChI is InChI=1S/C3H2N3O2.Na/c7-6(8)3-4-1-2-5-3;/h1-2H;/q-1;+1. The van der Waals surface area contributed by atoms with Gasteiger partial charge in [0, 0.05) is 12.4 Å². The monoisotopic (exact) mass is 135 g/mol. The summed E-state index contributed by atoms with van der Waals surface area (Å²) in [5, 5.41) is 9.74. The summed E-state index contributed by atoms with van der Waals surface area (Å²) >= 11 is 0. The van der Waals surface area contributed by atoms with E-state index < -0.39 is 4.92 Å². The summed E-state index contributed by atoms with van der Waals surface area (Å²) in [7, 11) is 0. The van der Waals surface area contributed by atoms with Gasteiger partial charge in [-0.25, -0.2) is 9.97 Å². The Morgan fingerprint density at radius 2 is 2.44 bits per heavy atom. The third-order valence-corrected chi connectivity index (χ3v) is 0.610. The van der Waals surface area contributed by atoms with E-state index in [4.69, 9.17) is 0 Å². The van der Waals surface area contributed by atoms with Gasteiger partial charge in [-0.1, -0.05) is 0 Å². The van der Waals surface area contributed by atoms with Crippen molar-refractivity contribution < 1.29 is 34.5 Å². The van der Waals surface area contributed by atoms with Gasteiger partial charge in [0.2, 0.25) is 0 Å². The molecule has 0 N–H and O–H groups in total. The molecule has 0 aliphatic rings. The van der Waals surface area contributed by atoms with Crippen molar-refractivity contribution in [1.29, 1.82) is 0 Å². The predicted octanol–water partition coefficient (Wildman–Crippen LogP) is -3.05. The summed E-state index contributed by atoms with van der Waals surface area (Å²) in [5.74, 6) is -0.343. The van der Waals surface area contributed by atoms with E-state index in [1.54, 1.807) is 0 Å². The molecule has 1 heterocycles. The van der Waals surface area contributed by atoms with Crippen molar-refractivity contribution in [3.63, 3.8) is 0 Å². The minimum atomic E-state index is -0.639. The van der Waals surface area contributed by atoms with Crippen molar-refractivity contribution in [3.05, 3.63) is 22.5 Å². The van der Waals surface area contributed by atoms with E-state index in [2.05, 4.69) is 9.97 Å². The molecule has 0 aromatic carbocycles. The van der Waals surface area contributed by atoms with Gasteiger partial charge in [0.05, 0.1) is 0 Å². The quantitative estimate of drug-likeness (QED) is 0.233. The maximum atomic E-state index is 9.74. The average Bonchev–Trinajstić information content (AvgIpc) is 2.12. The van der Waals surface area contributed by atoms with Gasteiger partial charge in [-0.15, -0.1) is 0 Å². The number of hydrogen-bond acceptors (Lipinski definition) is 3. The van der Waals surface area contributed by atoms with Crippen LogP contribution in [0.3, 0.4) is 0 Å². The third kappa shape index (κ3) is 2.13. The Morgan fingerprint density at radius 3 is 2.67 bits per heavy atom. The number of nitrogens with zero attached hydrogens (tertiary/aromatic N) is 3. The molecule has 0 aliphatic carbocycles. The van der Waals surface area contributed by atoms with Gasteiger partial charge < -0.3 is 10.1 Å². The van der Waals surface area contributed by atoms with E-state index in [1.807, 2.05) is 0 Å².